The SMILES string of the molecule is Cl.N[C@@H](Cc1cnc[nH]1)C(=O)OC(=O)[C@@H](N)Cc1cnc[nH]1.O=S(=O)(O)O. The average molecular weight is 427 g/mol. The van der Waals surface area contributed by atoms with Crippen LogP contribution in [-0.2, 0) is 37.6 Å². The Hall–Kier alpha value is -2.36. The number of rotatable bonds is 6. The lowest BCUT2D eigenvalue weighted by Crippen LogP contribution is -2.41. The van der Waals surface area contributed by atoms with E-state index in [1.54, 1.807) is 12.4 Å². The number of nitrogens with two attached hydrogens (primary N) is 2. The Labute approximate surface area is 159 Å². The van der Waals surface area contributed by atoms with Gasteiger partial charge in [-0.15, -0.1) is 12.4 Å². The molecule has 2 aromatic heterocycles. The lowest BCUT2D eigenvalue weighted by atomic mass is 10.1. The second-order valence-corrected chi connectivity index (χ2v) is 5.86. The van der Waals surface area contributed by atoms with E-state index in [0.29, 0.717) is 11.4 Å². The molecule has 15 heteroatoms. The van der Waals surface area contributed by atoms with Crippen LogP contribution in [0.5, 0.6) is 0 Å². The van der Waals surface area contributed by atoms with Crippen molar-refractivity contribution in [3.63, 3.8) is 0 Å². The third-order valence-electron chi connectivity index (χ3n) is 2.80. The van der Waals surface area contributed by atoms with Crippen LogP contribution in [0.2, 0.25) is 0 Å². The summed E-state index contributed by atoms with van der Waals surface area (Å²) < 4.78 is 36.3. The van der Waals surface area contributed by atoms with E-state index < -0.39 is 34.4 Å². The summed E-state index contributed by atoms with van der Waals surface area (Å²) in [7, 11) is -4.67. The predicted molar refractivity (Wildman–Crippen MR) is 93.1 cm³/mol. The smallest absolute Gasteiger partial charge is 0.391 e. The van der Waals surface area contributed by atoms with Crippen LogP contribution in [0.1, 0.15) is 11.4 Å². The molecule has 8 N–H and O–H groups in total. The van der Waals surface area contributed by atoms with Crippen LogP contribution < -0.4 is 11.5 Å². The molecule has 2 aromatic rings. The van der Waals surface area contributed by atoms with Crippen LogP contribution in [0, 0.1) is 0 Å². The van der Waals surface area contributed by atoms with Crippen LogP contribution in [-0.4, -0.2) is 61.5 Å². The van der Waals surface area contributed by atoms with Gasteiger partial charge in [0, 0.05) is 36.6 Å². The largest absolute Gasteiger partial charge is 0.394 e. The number of ether oxygens (including phenoxy) is 1. The van der Waals surface area contributed by atoms with Crippen molar-refractivity contribution >= 4 is 34.7 Å². The van der Waals surface area contributed by atoms with Crippen molar-refractivity contribution in [2.45, 2.75) is 24.9 Å². The first-order valence-corrected chi connectivity index (χ1v) is 8.37. The maximum absolute atomic E-state index is 11.7. The minimum absolute atomic E-state index is 0. The van der Waals surface area contributed by atoms with E-state index in [-0.39, 0.29) is 25.2 Å². The fraction of sp³-hybridized carbons (Fsp3) is 0.333. The molecule has 2 atom stereocenters. The Morgan fingerprint density at radius 2 is 1.33 bits per heavy atom. The molecule has 0 aliphatic heterocycles. The van der Waals surface area contributed by atoms with Crippen molar-refractivity contribution in [2.75, 3.05) is 0 Å². The van der Waals surface area contributed by atoms with Crippen LogP contribution in [0.15, 0.2) is 25.0 Å². The second kappa shape index (κ2) is 11.4. The highest BCUT2D eigenvalue weighted by Gasteiger charge is 2.24. The van der Waals surface area contributed by atoms with Crippen molar-refractivity contribution < 1.29 is 31.8 Å². The van der Waals surface area contributed by atoms with Gasteiger partial charge in [-0.3, -0.25) is 9.11 Å². The number of imidazole rings is 2. The van der Waals surface area contributed by atoms with E-state index in [4.69, 9.17) is 29.0 Å². The number of esters is 2. The van der Waals surface area contributed by atoms with Gasteiger partial charge in [-0.1, -0.05) is 0 Å². The lowest BCUT2D eigenvalue weighted by Gasteiger charge is -2.12. The number of halogens is 1. The number of aromatic amines is 2. The topological polar surface area (TPSA) is 227 Å². The Bertz CT molecular complexity index is 736. The normalized spacial score (nSPS) is 12.7. The van der Waals surface area contributed by atoms with E-state index in [9.17, 15) is 9.59 Å². The van der Waals surface area contributed by atoms with Crippen molar-refractivity contribution in [1.29, 1.82) is 0 Å². The Balaban J connectivity index is 0.00000100. The molecule has 0 spiro atoms. The summed E-state index contributed by atoms with van der Waals surface area (Å²) in [5, 5.41) is 0. The zero-order valence-electron chi connectivity index (χ0n) is 13.7. The maximum atomic E-state index is 11.7. The number of hydrogen-bond acceptors (Lipinski definition) is 9. The van der Waals surface area contributed by atoms with E-state index >= 15 is 0 Å². The zero-order valence-corrected chi connectivity index (χ0v) is 15.3. The molecule has 152 valence electrons. The zero-order chi connectivity index (χ0) is 19.7. The summed E-state index contributed by atoms with van der Waals surface area (Å²) in [6, 6.07) is -1.93. The minimum Gasteiger partial charge on any atom is -0.391 e. The number of carbonyl (C=O) groups excluding carboxylic acids is 2. The van der Waals surface area contributed by atoms with Gasteiger partial charge in [0.25, 0.3) is 0 Å². The molecule has 2 rings (SSSR count). The fourth-order valence-electron chi connectivity index (χ4n) is 1.68. The highest BCUT2D eigenvalue weighted by atomic mass is 35.5. The van der Waals surface area contributed by atoms with E-state index in [1.165, 1.54) is 12.7 Å². The molecule has 27 heavy (non-hydrogen) atoms. The monoisotopic (exact) mass is 426 g/mol. The summed E-state index contributed by atoms with van der Waals surface area (Å²) in [5.74, 6) is -1.65. The second-order valence-electron chi connectivity index (χ2n) is 4.96. The van der Waals surface area contributed by atoms with Gasteiger partial charge in [0.2, 0.25) is 0 Å². The first-order valence-electron chi connectivity index (χ1n) is 6.97. The molecule has 0 aromatic carbocycles. The summed E-state index contributed by atoms with van der Waals surface area (Å²) in [6.07, 6.45) is 6.42. The summed E-state index contributed by atoms with van der Waals surface area (Å²) in [5.41, 5.74) is 12.7. The summed E-state index contributed by atoms with van der Waals surface area (Å²) >= 11 is 0. The van der Waals surface area contributed by atoms with Crippen LogP contribution in [0.25, 0.3) is 0 Å². The molecule has 0 aliphatic rings. The van der Waals surface area contributed by atoms with Gasteiger partial charge in [0.05, 0.1) is 12.7 Å². The molecular weight excluding hydrogens is 408 g/mol. The Morgan fingerprint density at radius 3 is 1.59 bits per heavy atom. The molecule has 0 saturated carbocycles. The number of aromatic nitrogens is 4. The number of nitrogens with one attached hydrogen (secondary N) is 2. The molecule has 0 radical (unpaired) electrons. The number of H-pyrrole nitrogens is 2. The summed E-state index contributed by atoms with van der Waals surface area (Å²) in [6.45, 7) is 0. The van der Waals surface area contributed by atoms with Gasteiger partial charge < -0.3 is 26.2 Å². The predicted octanol–water partition coefficient (Wildman–Crippen LogP) is -1.59. The van der Waals surface area contributed by atoms with Crippen molar-refractivity contribution in [1.82, 2.24) is 19.9 Å². The lowest BCUT2D eigenvalue weighted by molar-refractivity contribution is -0.161. The van der Waals surface area contributed by atoms with Gasteiger partial charge in [0.15, 0.2) is 0 Å². The Kier molecular flexibility index (Phi) is 10.4. The average Bonchev–Trinajstić information content (AvgIpc) is 3.18. The molecule has 2 heterocycles. The third kappa shape index (κ3) is 11.1. The molecule has 0 amide bonds. The minimum atomic E-state index is -4.67. The van der Waals surface area contributed by atoms with Crippen LogP contribution >= 0.6 is 12.4 Å². The fourth-order valence-corrected chi connectivity index (χ4v) is 1.68. The molecule has 0 bridgehead atoms. The van der Waals surface area contributed by atoms with Crippen molar-refractivity contribution in [3.05, 3.63) is 36.4 Å². The first-order chi connectivity index (χ1) is 12.1. The van der Waals surface area contributed by atoms with Crippen LogP contribution in [0.3, 0.4) is 0 Å². The van der Waals surface area contributed by atoms with E-state index in [1.807, 2.05) is 0 Å². The Morgan fingerprint density at radius 1 is 1.00 bits per heavy atom. The number of hydrogen-bond donors (Lipinski definition) is 6. The molecular formula is C12H19ClN6O7S. The van der Waals surface area contributed by atoms with Gasteiger partial charge in [-0.2, -0.15) is 8.42 Å². The van der Waals surface area contributed by atoms with Crippen LogP contribution in [0.4, 0.5) is 0 Å². The molecule has 0 saturated heterocycles. The standard InChI is InChI=1S/C12H16N6O3.ClH.H2O4S/c13-9(1-7-3-15-5-17-7)11(19)21-12(20)10(14)2-8-4-16-6-18-8;;1-5(2,3)4/h3-6,9-10H,1-2,13-14H2,(H,15,17)(H,16,18);1H;(H2,1,2,3,4)/t9-,10-;;/m0../s1. The molecule has 0 aliphatic carbocycles. The summed E-state index contributed by atoms with van der Waals surface area (Å²) in [4.78, 5) is 36.6. The number of carbonyl (C=O) groups is 2. The molecule has 13 nitrogen and oxygen atoms in total. The van der Waals surface area contributed by atoms with Gasteiger partial charge in [-0.05, 0) is 0 Å². The quantitative estimate of drug-likeness (QED) is 0.175. The maximum Gasteiger partial charge on any atom is 0.394 e. The van der Waals surface area contributed by atoms with Gasteiger partial charge in [0.1, 0.15) is 12.1 Å². The highest BCUT2D eigenvalue weighted by Crippen LogP contribution is 2.02. The number of nitrogens with zero attached hydrogens (tertiary/aromatic N) is 2. The van der Waals surface area contributed by atoms with E-state index in [2.05, 4.69) is 24.7 Å². The van der Waals surface area contributed by atoms with E-state index in [0.717, 1.165) is 0 Å². The van der Waals surface area contributed by atoms with Gasteiger partial charge in [-0.25, -0.2) is 19.6 Å². The third-order valence-corrected chi connectivity index (χ3v) is 2.80. The van der Waals surface area contributed by atoms with Gasteiger partial charge >= 0.3 is 22.3 Å². The van der Waals surface area contributed by atoms with Crippen molar-refractivity contribution in [3.8, 4) is 0 Å². The van der Waals surface area contributed by atoms with Crippen molar-refractivity contribution in [2.24, 2.45) is 11.5 Å². The molecule has 0 unspecified atom stereocenters. The molecule has 0 fully saturated rings. The first kappa shape index (κ1) is 24.6. The highest BCUT2D eigenvalue weighted by molar-refractivity contribution is 7.79.